The Labute approximate surface area is 596 Å². The zero-order chi connectivity index (χ0) is 72.1. The number of benzene rings is 6. The normalized spacial score (nSPS) is 12.7. The molecule has 0 saturated carbocycles. The topological polar surface area (TPSA) is 176 Å². The van der Waals surface area contributed by atoms with Gasteiger partial charge in [-0.15, -0.1) is 10.2 Å². The number of nitrogens with zero attached hydrogens (tertiary/aromatic N) is 9. The van der Waals surface area contributed by atoms with E-state index in [0.717, 1.165) is 98.4 Å². The number of rotatable bonds is 25. The van der Waals surface area contributed by atoms with Crippen molar-refractivity contribution in [3.05, 3.63) is 187 Å². The van der Waals surface area contributed by atoms with Gasteiger partial charge in [-0.2, -0.15) is 15.0 Å². The quantitative estimate of drug-likeness (QED) is 0.0414. The number of hydrogen-bond donors (Lipinski definition) is 2. The van der Waals surface area contributed by atoms with Gasteiger partial charge in [-0.25, -0.2) is 28.1 Å². The standard InChI is InChI=1S/C82H101N11O3S3/c1-23-79(15,16)58-30-29-57(62(45-58)81(19,20)25-3)43-56-28-33-64-67(44-56)98-77(86-64)93-75(61(48-83)73(91-93)78(12,13)14)90-89-71-53(9)42-69(87-74(71)88-70-51(7)38-49(5)39-52(70)8)92(72-54(10)40-50(6)41-55(72)11)76-85-65-34-32-60(47-68(65)97-76)99(94,95)84-36-27-37-96-66-35-31-59(80(17,18)24-2)46-63(66)82(21,22)26-4/h28-35,38-42,44-47,84H,23-27,36-37,43H2,1-22H3,(H,87,88). The third-order valence-electron chi connectivity index (χ3n) is 20.5. The number of hydrogen-bond acceptors (Lipinski definition) is 14. The Balaban J connectivity index is 1.02. The van der Waals surface area contributed by atoms with Crippen molar-refractivity contribution >= 4 is 92.8 Å². The van der Waals surface area contributed by atoms with E-state index >= 15 is 0 Å². The summed E-state index contributed by atoms with van der Waals surface area (Å²) in [4.78, 5) is 18.2. The predicted octanol–water partition coefficient (Wildman–Crippen LogP) is 22.5. The fourth-order valence-corrected chi connectivity index (χ4v) is 16.1. The fraction of sp³-hybridized carbons (Fsp3) is 0.427. The van der Waals surface area contributed by atoms with Crippen molar-refractivity contribution in [1.82, 2.24) is 29.5 Å². The first kappa shape index (κ1) is 73.6. The highest BCUT2D eigenvalue weighted by Gasteiger charge is 2.33. The van der Waals surface area contributed by atoms with E-state index in [1.165, 1.54) is 56.1 Å². The number of aryl methyl sites for hydroxylation is 7. The van der Waals surface area contributed by atoms with E-state index in [2.05, 4.69) is 224 Å². The molecule has 0 fully saturated rings. The molecule has 17 heteroatoms. The average molecular weight is 1380 g/mol. The van der Waals surface area contributed by atoms with Gasteiger partial charge >= 0.3 is 0 Å². The van der Waals surface area contributed by atoms with E-state index in [0.29, 0.717) is 62.1 Å². The summed E-state index contributed by atoms with van der Waals surface area (Å²) < 4.78 is 41.0. The number of nitrogens with one attached hydrogen (secondary N) is 2. The van der Waals surface area contributed by atoms with Crippen molar-refractivity contribution in [2.75, 3.05) is 23.4 Å². The maximum absolute atomic E-state index is 14.2. The predicted molar refractivity (Wildman–Crippen MR) is 414 cm³/mol. The summed E-state index contributed by atoms with van der Waals surface area (Å²) in [6, 6.07) is 38.3. The lowest BCUT2D eigenvalue weighted by molar-refractivity contribution is 0.300. The molecule has 0 bridgehead atoms. The first-order valence-electron chi connectivity index (χ1n) is 34.9. The summed E-state index contributed by atoms with van der Waals surface area (Å²) in [7, 11) is -3.94. The Bertz CT molecular complexity index is 4850. The fourth-order valence-electron chi connectivity index (χ4n) is 12.9. The summed E-state index contributed by atoms with van der Waals surface area (Å²) in [5.74, 6) is 2.06. The van der Waals surface area contributed by atoms with Crippen LogP contribution in [0.3, 0.4) is 0 Å². The number of sulfonamides is 1. The van der Waals surface area contributed by atoms with E-state index in [-0.39, 0.29) is 38.9 Å². The third kappa shape index (κ3) is 15.5. The molecule has 14 nitrogen and oxygen atoms in total. The lowest BCUT2D eigenvalue weighted by atomic mass is 9.74. The molecule has 10 aromatic rings. The number of fused-ring (bicyclic) bond motifs is 2. The minimum absolute atomic E-state index is 0.00846. The lowest BCUT2D eigenvalue weighted by Gasteiger charge is -2.31. The number of ether oxygens (including phenoxy) is 1. The van der Waals surface area contributed by atoms with Gasteiger partial charge in [0.1, 0.15) is 28.9 Å². The lowest BCUT2D eigenvalue weighted by Crippen LogP contribution is -2.26. The van der Waals surface area contributed by atoms with Crippen molar-refractivity contribution in [2.45, 2.75) is 223 Å². The van der Waals surface area contributed by atoms with E-state index in [1.807, 2.05) is 33.8 Å². The third-order valence-corrected chi connectivity index (χ3v) is 23.9. The van der Waals surface area contributed by atoms with Crippen molar-refractivity contribution in [3.63, 3.8) is 0 Å². The van der Waals surface area contributed by atoms with Crippen LogP contribution >= 0.6 is 22.7 Å². The Morgan fingerprint density at radius 3 is 1.81 bits per heavy atom. The van der Waals surface area contributed by atoms with E-state index < -0.39 is 15.4 Å². The molecule has 2 N–H and O–H groups in total. The van der Waals surface area contributed by atoms with Crippen LogP contribution in [-0.4, -0.2) is 46.3 Å². The molecule has 0 aliphatic rings. The maximum Gasteiger partial charge on any atom is 0.240 e. The van der Waals surface area contributed by atoms with E-state index in [4.69, 9.17) is 35.0 Å². The van der Waals surface area contributed by atoms with Gasteiger partial charge in [-0.1, -0.05) is 198 Å². The molecule has 10 rings (SSSR count). The summed E-state index contributed by atoms with van der Waals surface area (Å²) in [5, 5.41) is 31.3. The van der Waals surface area contributed by atoms with Gasteiger partial charge in [0, 0.05) is 23.2 Å². The molecule has 0 saturated heterocycles. The molecule has 0 aliphatic carbocycles. The zero-order valence-corrected chi connectivity index (χ0v) is 64.9. The van der Waals surface area contributed by atoms with E-state index in [9.17, 15) is 13.7 Å². The smallest absolute Gasteiger partial charge is 0.240 e. The zero-order valence-electron chi connectivity index (χ0n) is 62.4. The van der Waals surface area contributed by atoms with Crippen molar-refractivity contribution in [3.8, 4) is 17.0 Å². The molecule has 99 heavy (non-hydrogen) atoms. The van der Waals surface area contributed by atoms with Crippen molar-refractivity contribution in [2.24, 2.45) is 10.2 Å². The molecule has 6 aromatic carbocycles. The highest BCUT2D eigenvalue weighted by Crippen LogP contribution is 2.47. The van der Waals surface area contributed by atoms with Gasteiger partial charge in [-0.05, 0) is 207 Å². The summed E-state index contributed by atoms with van der Waals surface area (Å²) in [6.07, 6.45) is 5.28. The highest BCUT2D eigenvalue weighted by atomic mass is 32.2. The van der Waals surface area contributed by atoms with Crippen molar-refractivity contribution < 1.29 is 13.2 Å². The molecule has 0 amide bonds. The van der Waals surface area contributed by atoms with Crippen LogP contribution in [-0.2, 0) is 43.5 Å². The molecule has 0 aliphatic heterocycles. The van der Waals surface area contributed by atoms with Crippen LogP contribution in [0.15, 0.2) is 118 Å². The average Bonchev–Trinajstić information content (AvgIpc) is 1.71. The Morgan fingerprint density at radius 2 is 1.19 bits per heavy atom. The Hall–Kier alpha value is -8.14. The molecule has 520 valence electrons. The summed E-state index contributed by atoms with van der Waals surface area (Å²) >= 11 is 2.90. The van der Waals surface area contributed by atoms with Crippen LogP contribution in [0.1, 0.15) is 220 Å². The van der Waals surface area contributed by atoms with Gasteiger partial charge in [0.2, 0.25) is 15.2 Å². The molecular weight excluding hydrogens is 1280 g/mol. The van der Waals surface area contributed by atoms with Crippen LogP contribution in [0.5, 0.6) is 5.75 Å². The molecule has 0 spiro atoms. The molecule has 0 atom stereocenters. The van der Waals surface area contributed by atoms with Gasteiger partial charge < -0.3 is 10.1 Å². The minimum atomic E-state index is -3.94. The number of thiazole rings is 2. The monoisotopic (exact) mass is 1380 g/mol. The SMILES string of the molecule is CCC(C)(C)c1ccc(Cc2ccc3nc(-n4nc(C(C)(C)C)c(C#N)c4N=Nc4c(C)cc(N(c5nc6ccc(S(=O)(=O)NCCCOc7ccc(C(C)(C)CC)cc7C(C)(C)CC)cc6s5)c5c(C)cc(C)cc5C)nc4Nc4c(C)cc(C)cc4C)sc3c2)c(C(C)(C)CC)c1. The molecule has 0 unspecified atom stereocenters. The van der Waals surface area contributed by atoms with Crippen LogP contribution in [0.2, 0.25) is 0 Å². The Morgan fingerprint density at radius 1 is 0.616 bits per heavy atom. The van der Waals surface area contributed by atoms with Crippen LogP contribution in [0.25, 0.3) is 25.6 Å². The number of azo groups is 1. The van der Waals surface area contributed by atoms with Crippen LogP contribution in [0.4, 0.5) is 39.6 Å². The molecule has 0 radical (unpaired) electrons. The highest BCUT2D eigenvalue weighted by molar-refractivity contribution is 7.89. The number of anilines is 5. The second-order valence-electron chi connectivity index (χ2n) is 30.7. The Kier molecular flexibility index (Phi) is 21.2. The van der Waals surface area contributed by atoms with E-state index in [1.54, 1.807) is 22.9 Å². The first-order valence-corrected chi connectivity index (χ1v) is 38.1. The summed E-state index contributed by atoms with van der Waals surface area (Å²) in [5.41, 5.74) is 18.7. The van der Waals surface area contributed by atoms with Gasteiger partial charge in [0.05, 0.1) is 43.3 Å². The van der Waals surface area contributed by atoms with Crippen molar-refractivity contribution in [1.29, 1.82) is 5.26 Å². The largest absolute Gasteiger partial charge is 0.493 e. The molecule has 4 aromatic heterocycles. The first-order chi connectivity index (χ1) is 46.5. The minimum Gasteiger partial charge on any atom is -0.493 e. The number of nitriles is 1. The maximum atomic E-state index is 14.2. The second-order valence-corrected chi connectivity index (χ2v) is 34.5. The number of pyridine rings is 1. The summed E-state index contributed by atoms with van der Waals surface area (Å²) in [6.45, 7) is 48.5. The van der Waals surface area contributed by atoms with Gasteiger partial charge in [0.25, 0.3) is 0 Å². The van der Waals surface area contributed by atoms with Gasteiger partial charge in [0.15, 0.2) is 16.8 Å². The molecule has 4 heterocycles. The van der Waals surface area contributed by atoms with Gasteiger partial charge in [-0.3, -0.25) is 4.90 Å². The van der Waals surface area contributed by atoms with Crippen LogP contribution in [0, 0.1) is 59.8 Å². The number of aromatic nitrogens is 5. The van der Waals surface area contributed by atoms with Crippen LogP contribution < -0.4 is 19.7 Å². The molecular formula is C82H101N11O3S3. The second kappa shape index (κ2) is 28.5.